The smallest absolute Gasteiger partial charge is 0.236 e. The zero-order valence-electron chi connectivity index (χ0n) is 17.4. The summed E-state index contributed by atoms with van der Waals surface area (Å²) in [6, 6.07) is 18.3. The molecule has 5 nitrogen and oxygen atoms in total. The molecule has 2 aromatic carbocycles. The molecular weight excluding hydrogens is 481 g/mol. The van der Waals surface area contributed by atoms with E-state index in [0.29, 0.717) is 10.7 Å². The maximum Gasteiger partial charge on any atom is 0.236 e. The number of thiophene rings is 1. The predicted octanol–water partition coefficient (Wildman–Crippen LogP) is 6.11. The highest BCUT2D eigenvalue weighted by Crippen LogP contribution is 2.35. The number of hydrogen-bond donors (Lipinski definition) is 1. The molecule has 0 aliphatic rings. The highest BCUT2D eigenvalue weighted by atomic mass is 32.2. The van der Waals surface area contributed by atoms with Crippen LogP contribution in [0.5, 0.6) is 0 Å². The van der Waals surface area contributed by atoms with Gasteiger partial charge in [-0.3, -0.25) is 4.72 Å². The van der Waals surface area contributed by atoms with E-state index in [-0.39, 0.29) is 5.75 Å². The molecule has 4 rings (SSSR count). The number of ether oxygens (including phenoxy) is 1. The predicted molar refractivity (Wildman–Crippen MR) is 137 cm³/mol. The minimum atomic E-state index is -3.49. The van der Waals surface area contributed by atoms with E-state index in [4.69, 9.17) is 21.9 Å². The van der Waals surface area contributed by atoms with E-state index in [9.17, 15) is 8.42 Å². The summed E-state index contributed by atoms with van der Waals surface area (Å²) in [6.07, 6.45) is 0. The summed E-state index contributed by atoms with van der Waals surface area (Å²) in [6.45, 7) is 2.04. The van der Waals surface area contributed by atoms with Crippen LogP contribution in [0.15, 0.2) is 66.0 Å². The molecule has 1 N–H and O–H groups in total. The molecule has 2 aromatic heterocycles. The molecule has 0 atom stereocenters. The Kier molecular flexibility index (Phi) is 6.71. The van der Waals surface area contributed by atoms with Gasteiger partial charge < -0.3 is 4.74 Å². The van der Waals surface area contributed by atoms with Crippen molar-refractivity contribution >= 4 is 55.7 Å². The first kappa shape index (κ1) is 22.6. The quantitative estimate of drug-likeness (QED) is 0.310. The van der Waals surface area contributed by atoms with Crippen LogP contribution in [0.1, 0.15) is 15.3 Å². The third-order valence-electron chi connectivity index (χ3n) is 4.69. The lowest BCUT2D eigenvalue weighted by Crippen LogP contribution is -2.14. The van der Waals surface area contributed by atoms with E-state index >= 15 is 0 Å². The van der Waals surface area contributed by atoms with Crippen LogP contribution in [0.3, 0.4) is 0 Å². The molecule has 0 radical (unpaired) electrons. The van der Waals surface area contributed by atoms with Crippen LogP contribution in [0, 0.1) is 6.92 Å². The van der Waals surface area contributed by atoms with Gasteiger partial charge in [0.05, 0.1) is 23.4 Å². The van der Waals surface area contributed by atoms with Gasteiger partial charge in [0.15, 0.2) is 0 Å². The summed E-state index contributed by atoms with van der Waals surface area (Å²) in [5, 5.41) is 3.38. The number of anilines is 1. The van der Waals surface area contributed by atoms with E-state index in [1.54, 1.807) is 54.0 Å². The van der Waals surface area contributed by atoms with Gasteiger partial charge >= 0.3 is 0 Å². The van der Waals surface area contributed by atoms with Crippen LogP contribution in [0.25, 0.3) is 21.8 Å². The molecule has 0 bridgehead atoms. The maximum atomic E-state index is 12.4. The van der Waals surface area contributed by atoms with Crippen molar-refractivity contribution in [2.24, 2.45) is 0 Å². The number of nitrogens with one attached hydrogen (secondary N) is 1. The lowest BCUT2D eigenvalue weighted by molar-refractivity contribution is 0.417. The highest BCUT2D eigenvalue weighted by molar-refractivity contribution is 7.91. The fraction of sp³-hybridized carbons (Fsp3) is 0.130. The number of thiazole rings is 1. The number of benzene rings is 2. The molecule has 0 aliphatic heterocycles. The molecule has 0 fully saturated rings. The Bertz CT molecular complexity index is 1340. The average Bonchev–Trinajstić information content (AvgIpc) is 3.40. The number of methoxy groups -OCH3 is 1. The number of thiocarbonyl (C=S) groups is 1. The molecule has 9 heteroatoms. The Balaban J connectivity index is 1.49. The number of aromatic nitrogens is 1. The van der Waals surface area contributed by atoms with Gasteiger partial charge in [0.1, 0.15) is 5.01 Å². The molecule has 0 amide bonds. The molecule has 0 saturated carbocycles. The first-order valence-corrected chi connectivity index (χ1v) is 13.4. The molecule has 0 spiro atoms. The second-order valence-electron chi connectivity index (χ2n) is 7.03. The van der Waals surface area contributed by atoms with Crippen molar-refractivity contribution in [1.82, 2.24) is 4.98 Å². The highest BCUT2D eigenvalue weighted by Gasteiger charge is 2.15. The molecule has 0 unspecified atom stereocenters. The van der Waals surface area contributed by atoms with E-state index in [0.717, 1.165) is 37.1 Å². The second-order valence-corrected chi connectivity index (χ2v) is 11.2. The monoisotopic (exact) mass is 500 g/mol. The van der Waals surface area contributed by atoms with E-state index in [1.807, 2.05) is 48.7 Å². The minimum Gasteiger partial charge on any atom is -0.486 e. The fourth-order valence-corrected chi connectivity index (χ4v) is 6.43. The fourth-order valence-electron chi connectivity index (χ4n) is 3.14. The van der Waals surface area contributed by atoms with Gasteiger partial charge in [-0.15, -0.1) is 22.7 Å². The number of rotatable bonds is 7. The maximum absolute atomic E-state index is 12.4. The Morgan fingerprint density at radius 2 is 1.84 bits per heavy atom. The van der Waals surface area contributed by atoms with E-state index < -0.39 is 10.0 Å². The first-order chi connectivity index (χ1) is 15.3. The largest absolute Gasteiger partial charge is 0.486 e. The lowest BCUT2D eigenvalue weighted by Gasteiger charge is -2.08. The van der Waals surface area contributed by atoms with E-state index in [2.05, 4.69) is 4.72 Å². The average molecular weight is 501 g/mol. The summed E-state index contributed by atoms with van der Waals surface area (Å²) in [4.78, 5) is 6.82. The van der Waals surface area contributed by atoms with Crippen molar-refractivity contribution < 1.29 is 13.2 Å². The molecule has 164 valence electrons. The van der Waals surface area contributed by atoms with Gasteiger partial charge in [-0.05, 0) is 42.9 Å². The normalized spacial score (nSPS) is 11.3. The molecule has 0 aliphatic carbocycles. The van der Waals surface area contributed by atoms with Gasteiger partial charge in [0, 0.05) is 27.1 Å². The van der Waals surface area contributed by atoms with Crippen molar-refractivity contribution in [2.75, 3.05) is 11.8 Å². The SMILES string of the molecule is COC(=S)c1cc(-c2nc(-c3ccc(NS(=O)(=O)Cc4ccccc4)cc3)cs2)c(C)s1. The first-order valence-electron chi connectivity index (χ1n) is 9.64. The molecule has 0 saturated heterocycles. The van der Waals surface area contributed by atoms with Crippen molar-refractivity contribution in [1.29, 1.82) is 0 Å². The van der Waals surface area contributed by atoms with Crippen LogP contribution in [-0.4, -0.2) is 25.6 Å². The summed E-state index contributed by atoms with van der Waals surface area (Å²) in [5.74, 6) is -0.0699. The van der Waals surface area contributed by atoms with Gasteiger partial charge in [-0.1, -0.05) is 42.5 Å². The Morgan fingerprint density at radius 1 is 1.12 bits per heavy atom. The Morgan fingerprint density at radius 3 is 2.53 bits per heavy atom. The second kappa shape index (κ2) is 9.50. The molecule has 2 heterocycles. The zero-order chi connectivity index (χ0) is 22.7. The van der Waals surface area contributed by atoms with Crippen LogP contribution in [-0.2, 0) is 20.5 Å². The van der Waals surface area contributed by atoms with Crippen molar-refractivity contribution in [2.45, 2.75) is 12.7 Å². The van der Waals surface area contributed by atoms with Crippen molar-refractivity contribution in [3.8, 4) is 21.8 Å². The Labute approximate surface area is 200 Å². The zero-order valence-corrected chi connectivity index (χ0v) is 20.6. The van der Waals surface area contributed by atoms with E-state index in [1.165, 1.54) is 0 Å². The summed E-state index contributed by atoms with van der Waals surface area (Å²) in [7, 11) is -1.92. The summed E-state index contributed by atoms with van der Waals surface area (Å²) >= 11 is 8.38. The molecule has 32 heavy (non-hydrogen) atoms. The van der Waals surface area contributed by atoms with Gasteiger partial charge in [-0.2, -0.15) is 0 Å². The van der Waals surface area contributed by atoms with Gasteiger partial charge in [0.2, 0.25) is 15.1 Å². The molecule has 4 aromatic rings. The van der Waals surface area contributed by atoms with Gasteiger partial charge in [-0.25, -0.2) is 13.4 Å². The van der Waals surface area contributed by atoms with Crippen LogP contribution >= 0.6 is 34.9 Å². The minimum absolute atomic E-state index is 0.0699. The lowest BCUT2D eigenvalue weighted by atomic mass is 10.1. The third kappa shape index (κ3) is 5.24. The number of sulfonamides is 1. The van der Waals surface area contributed by atoms with Gasteiger partial charge in [0.25, 0.3) is 0 Å². The Hall–Kier alpha value is -2.59. The number of nitrogens with zero attached hydrogens (tertiary/aromatic N) is 1. The topological polar surface area (TPSA) is 68.3 Å². The number of aryl methyl sites for hydroxylation is 1. The van der Waals surface area contributed by atoms with Crippen LogP contribution in [0.2, 0.25) is 0 Å². The standard InChI is InChI=1S/C23H20N2O3S4/c1-15-19(12-21(31-15)23(29)28-2)22-24-20(13-30-22)17-8-10-18(11-9-17)25-32(26,27)14-16-6-4-3-5-7-16/h3-13,25H,14H2,1-2H3. The van der Waals surface area contributed by atoms with Crippen LogP contribution in [0.4, 0.5) is 5.69 Å². The number of hydrogen-bond acceptors (Lipinski definition) is 7. The molecular formula is C23H20N2O3S4. The van der Waals surface area contributed by atoms with Crippen LogP contribution < -0.4 is 4.72 Å². The third-order valence-corrected chi connectivity index (χ3v) is 8.39. The van der Waals surface area contributed by atoms with Crippen molar-refractivity contribution in [3.05, 3.63) is 81.4 Å². The van der Waals surface area contributed by atoms with Crippen molar-refractivity contribution in [3.63, 3.8) is 0 Å². The summed E-state index contributed by atoms with van der Waals surface area (Å²) in [5.41, 5.74) is 4.06. The summed E-state index contributed by atoms with van der Waals surface area (Å²) < 4.78 is 32.7.